The highest BCUT2D eigenvalue weighted by atomic mass is 16.5. The zero-order chi connectivity index (χ0) is 9.19. The first-order chi connectivity index (χ1) is 5.64. The summed E-state index contributed by atoms with van der Waals surface area (Å²) in [5.41, 5.74) is -0.999. The van der Waals surface area contributed by atoms with E-state index in [0.717, 1.165) is 0 Å². The summed E-state index contributed by atoms with van der Waals surface area (Å²) in [6.45, 7) is 3.60. The van der Waals surface area contributed by atoms with Crippen molar-refractivity contribution in [3.8, 4) is 6.07 Å². The summed E-state index contributed by atoms with van der Waals surface area (Å²) >= 11 is 0. The van der Waals surface area contributed by atoms with Crippen molar-refractivity contribution < 1.29 is 9.53 Å². The van der Waals surface area contributed by atoms with E-state index < -0.39 is 5.54 Å². The summed E-state index contributed by atoms with van der Waals surface area (Å²) in [5.74, 6) is 0. The number of carbonyl (C=O) groups excluding carboxylic acids is 1. The highest BCUT2D eigenvalue weighted by Gasteiger charge is 2.45. The first kappa shape index (κ1) is 8.92. The maximum absolute atomic E-state index is 10.1. The molecule has 0 aromatic carbocycles. The van der Waals surface area contributed by atoms with Crippen molar-refractivity contribution in [2.24, 2.45) is 4.99 Å². The van der Waals surface area contributed by atoms with Gasteiger partial charge in [0.25, 0.3) is 0 Å². The molecule has 0 aromatic rings. The van der Waals surface area contributed by atoms with Gasteiger partial charge in [-0.2, -0.15) is 10.3 Å². The average molecular weight is 166 g/mol. The van der Waals surface area contributed by atoms with E-state index in [1.165, 1.54) is 6.08 Å². The van der Waals surface area contributed by atoms with Crippen LogP contribution in [0.3, 0.4) is 0 Å². The third-order valence-corrected chi connectivity index (χ3v) is 2.15. The smallest absolute Gasteiger partial charge is 0.236 e. The molecule has 0 spiro atoms. The molecule has 1 aliphatic rings. The van der Waals surface area contributed by atoms with Gasteiger partial charge < -0.3 is 4.74 Å². The first-order valence-electron chi connectivity index (χ1n) is 3.80. The van der Waals surface area contributed by atoms with Crippen LogP contribution in [0.15, 0.2) is 4.99 Å². The molecule has 0 radical (unpaired) electrons. The molecular weight excluding hydrogens is 156 g/mol. The molecule has 3 atom stereocenters. The van der Waals surface area contributed by atoms with Crippen LogP contribution in [0.5, 0.6) is 0 Å². The molecular formula is C8H10N2O2. The third kappa shape index (κ3) is 1.25. The molecule has 0 aliphatic carbocycles. The summed E-state index contributed by atoms with van der Waals surface area (Å²) in [7, 11) is 0. The van der Waals surface area contributed by atoms with Crippen molar-refractivity contribution in [1.29, 1.82) is 5.26 Å². The molecule has 1 rings (SSSR count). The Labute approximate surface area is 70.9 Å². The largest absolute Gasteiger partial charge is 0.372 e. The summed E-state index contributed by atoms with van der Waals surface area (Å²) in [6, 6.07) is 2.00. The molecule has 64 valence electrons. The second kappa shape index (κ2) is 3.06. The Morgan fingerprint density at radius 3 is 2.67 bits per heavy atom. The minimum atomic E-state index is -0.999. The fourth-order valence-corrected chi connectivity index (χ4v) is 1.49. The van der Waals surface area contributed by atoms with Crippen LogP contribution in [-0.2, 0) is 9.53 Å². The van der Waals surface area contributed by atoms with E-state index >= 15 is 0 Å². The Morgan fingerprint density at radius 1 is 1.67 bits per heavy atom. The van der Waals surface area contributed by atoms with Gasteiger partial charge in [0.1, 0.15) is 0 Å². The van der Waals surface area contributed by atoms with Gasteiger partial charge in [0, 0.05) is 6.42 Å². The third-order valence-electron chi connectivity index (χ3n) is 2.15. The molecule has 0 N–H and O–H groups in total. The van der Waals surface area contributed by atoms with Gasteiger partial charge in [-0.05, 0) is 13.8 Å². The number of aliphatic imine (C=N–C) groups is 1. The van der Waals surface area contributed by atoms with Crippen molar-refractivity contribution in [2.45, 2.75) is 38.0 Å². The predicted molar refractivity (Wildman–Crippen MR) is 41.1 cm³/mol. The van der Waals surface area contributed by atoms with Gasteiger partial charge in [-0.25, -0.2) is 4.79 Å². The van der Waals surface area contributed by atoms with E-state index in [-0.39, 0.29) is 12.2 Å². The van der Waals surface area contributed by atoms with Gasteiger partial charge in [-0.15, -0.1) is 0 Å². The van der Waals surface area contributed by atoms with Crippen molar-refractivity contribution in [1.82, 2.24) is 0 Å². The van der Waals surface area contributed by atoms with E-state index in [1.54, 1.807) is 6.92 Å². The number of hydrogen-bond donors (Lipinski definition) is 0. The van der Waals surface area contributed by atoms with Crippen molar-refractivity contribution in [2.75, 3.05) is 0 Å². The van der Waals surface area contributed by atoms with Crippen LogP contribution in [0.4, 0.5) is 0 Å². The highest BCUT2D eigenvalue weighted by Crippen LogP contribution is 2.32. The minimum Gasteiger partial charge on any atom is -0.372 e. The van der Waals surface area contributed by atoms with Crippen LogP contribution < -0.4 is 0 Å². The molecule has 0 bridgehead atoms. The van der Waals surface area contributed by atoms with Crippen molar-refractivity contribution in [3.63, 3.8) is 0 Å². The average Bonchev–Trinajstić information content (AvgIpc) is 2.28. The Morgan fingerprint density at radius 2 is 2.33 bits per heavy atom. The van der Waals surface area contributed by atoms with Gasteiger partial charge >= 0.3 is 0 Å². The first-order valence-corrected chi connectivity index (χ1v) is 3.80. The topological polar surface area (TPSA) is 62.5 Å². The fourth-order valence-electron chi connectivity index (χ4n) is 1.49. The Bertz CT molecular complexity index is 265. The Hall–Kier alpha value is -1.17. The molecule has 4 nitrogen and oxygen atoms in total. The van der Waals surface area contributed by atoms with E-state index in [4.69, 9.17) is 10.00 Å². The van der Waals surface area contributed by atoms with Crippen LogP contribution in [0.1, 0.15) is 20.3 Å². The molecule has 0 saturated carbocycles. The van der Waals surface area contributed by atoms with Crippen LogP contribution in [-0.4, -0.2) is 23.8 Å². The zero-order valence-electron chi connectivity index (χ0n) is 7.07. The molecule has 3 unspecified atom stereocenters. The molecule has 1 heterocycles. The molecule has 4 heteroatoms. The normalized spacial score (nSPS) is 40.1. The number of nitriles is 1. The zero-order valence-corrected chi connectivity index (χ0v) is 7.07. The lowest BCUT2D eigenvalue weighted by Crippen LogP contribution is -2.32. The lowest BCUT2D eigenvalue weighted by molar-refractivity contribution is 0.0576. The lowest BCUT2D eigenvalue weighted by Gasteiger charge is -2.15. The Balaban J connectivity index is 2.95. The standard InChI is InChI=1S/C8H10N2O2/c1-6-3-8(4-9,10-5-11)7(2)12-6/h6-7H,3H2,1-2H3. The van der Waals surface area contributed by atoms with Crippen molar-refractivity contribution >= 4 is 6.08 Å². The maximum atomic E-state index is 10.1. The number of ether oxygens (including phenoxy) is 1. The summed E-state index contributed by atoms with van der Waals surface area (Å²) in [5, 5.41) is 8.83. The molecule has 1 fully saturated rings. The van der Waals surface area contributed by atoms with Crippen LogP contribution in [0.2, 0.25) is 0 Å². The van der Waals surface area contributed by atoms with Gasteiger partial charge in [-0.3, -0.25) is 0 Å². The highest BCUT2D eigenvalue weighted by molar-refractivity contribution is 5.38. The predicted octanol–water partition coefficient (Wildman–Crippen LogP) is 0.782. The summed E-state index contributed by atoms with van der Waals surface area (Å²) in [4.78, 5) is 13.6. The molecule has 0 aromatic heterocycles. The van der Waals surface area contributed by atoms with E-state index in [2.05, 4.69) is 4.99 Å². The molecule has 12 heavy (non-hydrogen) atoms. The SMILES string of the molecule is CC1CC(C#N)(N=C=O)C(C)O1. The lowest BCUT2D eigenvalue weighted by atomic mass is 9.93. The number of hydrogen-bond acceptors (Lipinski definition) is 4. The molecule has 1 saturated heterocycles. The van der Waals surface area contributed by atoms with E-state index in [1.807, 2.05) is 13.0 Å². The van der Waals surface area contributed by atoms with E-state index in [0.29, 0.717) is 6.42 Å². The van der Waals surface area contributed by atoms with Gasteiger partial charge in [-0.1, -0.05) is 0 Å². The number of rotatable bonds is 1. The monoisotopic (exact) mass is 166 g/mol. The second-order valence-electron chi connectivity index (χ2n) is 3.03. The van der Waals surface area contributed by atoms with Gasteiger partial charge in [0.05, 0.1) is 18.3 Å². The summed E-state index contributed by atoms with van der Waals surface area (Å²) in [6.07, 6.45) is 1.56. The van der Waals surface area contributed by atoms with Crippen LogP contribution in [0, 0.1) is 11.3 Å². The maximum Gasteiger partial charge on any atom is 0.236 e. The Kier molecular flexibility index (Phi) is 2.27. The minimum absolute atomic E-state index is 0.0169. The molecule has 0 amide bonds. The van der Waals surface area contributed by atoms with Crippen molar-refractivity contribution in [3.05, 3.63) is 0 Å². The number of isocyanates is 1. The van der Waals surface area contributed by atoms with E-state index in [9.17, 15) is 4.79 Å². The number of nitrogens with zero attached hydrogens (tertiary/aromatic N) is 2. The van der Waals surface area contributed by atoms with Crippen LogP contribution >= 0.6 is 0 Å². The van der Waals surface area contributed by atoms with Crippen LogP contribution in [0.25, 0.3) is 0 Å². The van der Waals surface area contributed by atoms with Gasteiger partial charge in [0.15, 0.2) is 5.54 Å². The van der Waals surface area contributed by atoms with Gasteiger partial charge in [0.2, 0.25) is 6.08 Å². The molecule has 1 aliphatic heterocycles. The fraction of sp³-hybridized carbons (Fsp3) is 0.750. The quantitative estimate of drug-likeness (QED) is 0.427. The summed E-state index contributed by atoms with van der Waals surface area (Å²) < 4.78 is 5.33. The second-order valence-corrected chi connectivity index (χ2v) is 3.03.